The van der Waals surface area contributed by atoms with Crippen molar-refractivity contribution in [3.63, 3.8) is 0 Å². The van der Waals surface area contributed by atoms with E-state index in [1.165, 1.54) is 18.5 Å². The maximum atomic E-state index is 13.5. The number of fused-ring (bicyclic) bond motifs is 1. The number of halogens is 2. The Morgan fingerprint density at radius 1 is 1.12 bits per heavy atom. The largest absolute Gasteiger partial charge is 0.496 e. The molecule has 0 radical (unpaired) electrons. The molecule has 0 saturated carbocycles. The van der Waals surface area contributed by atoms with Gasteiger partial charge >= 0.3 is 0 Å². The quantitative estimate of drug-likeness (QED) is 0.170. The van der Waals surface area contributed by atoms with Crippen LogP contribution in [-0.4, -0.2) is 50.2 Å². The molecular formula is C31H31ClFN3O6S. The van der Waals surface area contributed by atoms with E-state index < -0.39 is 15.4 Å². The van der Waals surface area contributed by atoms with Crippen LogP contribution in [-0.2, 0) is 31.5 Å². The number of aromatic nitrogens is 2. The highest BCUT2D eigenvalue weighted by Gasteiger charge is 2.39. The molecule has 0 fully saturated rings. The summed E-state index contributed by atoms with van der Waals surface area (Å²) in [5.41, 5.74) is 1.77. The van der Waals surface area contributed by atoms with Crippen LogP contribution >= 0.6 is 11.6 Å². The lowest BCUT2D eigenvalue weighted by Crippen LogP contribution is -2.32. The van der Waals surface area contributed by atoms with Crippen LogP contribution in [0.25, 0.3) is 10.9 Å². The Bertz CT molecular complexity index is 1740. The van der Waals surface area contributed by atoms with Crippen molar-refractivity contribution < 1.29 is 31.8 Å². The van der Waals surface area contributed by atoms with E-state index >= 15 is 0 Å². The lowest BCUT2D eigenvalue weighted by atomic mass is 9.90. The van der Waals surface area contributed by atoms with E-state index in [-0.39, 0.29) is 37.1 Å². The molecule has 226 valence electrons. The molecular weight excluding hydrogens is 597 g/mol. The summed E-state index contributed by atoms with van der Waals surface area (Å²) in [4.78, 5) is 8.90. The van der Waals surface area contributed by atoms with Crippen LogP contribution in [0.15, 0.2) is 73.3 Å². The molecule has 1 atom stereocenters. The second kappa shape index (κ2) is 13.2. The van der Waals surface area contributed by atoms with Crippen LogP contribution < -0.4 is 14.8 Å². The van der Waals surface area contributed by atoms with Crippen LogP contribution in [0.2, 0.25) is 5.02 Å². The van der Waals surface area contributed by atoms with Gasteiger partial charge in [0, 0.05) is 34.9 Å². The fourth-order valence-electron chi connectivity index (χ4n) is 4.71. The summed E-state index contributed by atoms with van der Waals surface area (Å²) in [5.74, 6) is 1.18. The average molecular weight is 628 g/mol. The van der Waals surface area contributed by atoms with E-state index in [2.05, 4.69) is 15.3 Å². The average Bonchev–Trinajstić information content (AvgIpc) is 3.48. The van der Waals surface area contributed by atoms with E-state index in [9.17, 15) is 12.8 Å². The van der Waals surface area contributed by atoms with Crippen molar-refractivity contribution in [1.82, 2.24) is 9.97 Å². The maximum absolute atomic E-state index is 13.5. The first-order valence-corrected chi connectivity index (χ1v) is 15.8. The molecule has 3 aromatic carbocycles. The first kappa shape index (κ1) is 30.5. The van der Waals surface area contributed by atoms with Crippen LogP contribution in [0.3, 0.4) is 0 Å². The fourth-order valence-corrected chi connectivity index (χ4v) is 5.60. The van der Waals surface area contributed by atoms with Crippen molar-refractivity contribution in [3.05, 3.63) is 95.2 Å². The van der Waals surface area contributed by atoms with Crippen molar-refractivity contribution in [1.29, 1.82) is 0 Å². The van der Waals surface area contributed by atoms with Crippen molar-refractivity contribution in [2.45, 2.75) is 25.6 Å². The first-order chi connectivity index (χ1) is 20.7. The van der Waals surface area contributed by atoms with Gasteiger partial charge in [-0.2, -0.15) is 0 Å². The van der Waals surface area contributed by atoms with Gasteiger partial charge in [0.05, 0.1) is 42.9 Å². The number of rotatable bonds is 13. The molecule has 1 aromatic heterocycles. The van der Waals surface area contributed by atoms with Gasteiger partial charge in [0.2, 0.25) is 0 Å². The summed E-state index contributed by atoms with van der Waals surface area (Å²) in [7, 11) is -1.60. The standard InChI is InChI=1S/C31H31ClFN3O6S/c1-3-43(37,38)13-12-40-19-31(10-5-11-42-31)25-16-24-27(17-29(25)39-2)34-20-35-30(24)36-23-8-9-28(26(32)15-23)41-18-21-6-4-7-22(33)14-21/h4-9,11,14-17,20H,3,10,12-13,18-19H2,1-2H3,(H,34,35,36). The third-order valence-electron chi connectivity index (χ3n) is 7.08. The van der Waals surface area contributed by atoms with Crippen molar-refractivity contribution >= 4 is 43.8 Å². The molecule has 12 heteroatoms. The second-order valence-electron chi connectivity index (χ2n) is 9.96. The minimum Gasteiger partial charge on any atom is -0.496 e. The van der Waals surface area contributed by atoms with Crippen molar-refractivity contribution in [3.8, 4) is 11.5 Å². The Hall–Kier alpha value is -3.93. The molecule has 43 heavy (non-hydrogen) atoms. The molecule has 0 bridgehead atoms. The van der Waals surface area contributed by atoms with E-state index in [1.807, 2.05) is 12.1 Å². The third-order valence-corrected chi connectivity index (χ3v) is 9.04. The molecule has 1 unspecified atom stereocenters. The summed E-state index contributed by atoms with van der Waals surface area (Å²) in [5, 5.41) is 4.37. The monoisotopic (exact) mass is 627 g/mol. The number of ether oxygens (including phenoxy) is 4. The molecule has 4 aromatic rings. The highest BCUT2D eigenvalue weighted by molar-refractivity contribution is 7.91. The van der Waals surface area contributed by atoms with Gasteiger partial charge in [-0.25, -0.2) is 22.8 Å². The maximum Gasteiger partial charge on any atom is 0.163 e. The number of hydrogen-bond acceptors (Lipinski definition) is 9. The van der Waals surface area contributed by atoms with Crippen LogP contribution in [0.5, 0.6) is 11.5 Å². The van der Waals surface area contributed by atoms with Gasteiger partial charge in [-0.1, -0.05) is 30.7 Å². The topological polar surface area (TPSA) is 109 Å². The van der Waals surface area contributed by atoms with Gasteiger partial charge in [0.15, 0.2) is 15.4 Å². The van der Waals surface area contributed by atoms with E-state index in [0.717, 1.165) is 0 Å². The van der Waals surface area contributed by atoms with Gasteiger partial charge in [-0.3, -0.25) is 0 Å². The van der Waals surface area contributed by atoms with Crippen LogP contribution in [0.1, 0.15) is 24.5 Å². The van der Waals surface area contributed by atoms with Gasteiger partial charge in [0.1, 0.15) is 36.1 Å². The number of benzene rings is 3. The predicted molar refractivity (Wildman–Crippen MR) is 163 cm³/mol. The number of nitrogens with zero attached hydrogens (tertiary/aromatic N) is 2. The minimum atomic E-state index is -3.16. The number of anilines is 2. The van der Waals surface area contributed by atoms with E-state index in [0.29, 0.717) is 56.5 Å². The fraction of sp³-hybridized carbons (Fsp3) is 0.290. The zero-order valence-electron chi connectivity index (χ0n) is 23.7. The van der Waals surface area contributed by atoms with E-state index in [1.54, 1.807) is 56.7 Å². The predicted octanol–water partition coefficient (Wildman–Crippen LogP) is 6.33. The molecule has 0 amide bonds. The SMILES string of the molecule is CCS(=O)(=O)CCOCC1(c2cc3c(Nc4ccc(OCc5cccc(F)c5)c(Cl)c4)ncnc3cc2OC)CC=CO1. The highest BCUT2D eigenvalue weighted by Crippen LogP contribution is 2.43. The van der Waals surface area contributed by atoms with Gasteiger partial charge < -0.3 is 24.3 Å². The Kier molecular flexibility index (Phi) is 9.34. The third kappa shape index (κ3) is 7.18. The van der Waals surface area contributed by atoms with Crippen LogP contribution in [0, 0.1) is 5.82 Å². The molecule has 0 spiro atoms. The minimum absolute atomic E-state index is 0.0514. The second-order valence-corrected chi connectivity index (χ2v) is 12.8. The molecule has 1 aliphatic heterocycles. The van der Waals surface area contributed by atoms with Crippen molar-refractivity contribution in [2.75, 3.05) is 37.1 Å². The number of hydrogen-bond donors (Lipinski definition) is 1. The lowest BCUT2D eigenvalue weighted by Gasteiger charge is -2.31. The molecule has 2 heterocycles. The molecule has 5 rings (SSSR count). The molecule has 1 N–H and O–H groups in total. The Labute approximate surface area is 254 Å². The number of sulfone groups is 1. The molecule has 0 aliphatic carbocycles. The Morgan fingerprint density at radius 3 is 2.70 bits per heavy atom. The lowest BCUT2D eigenvalue weighted by molar-refractivity contribution is -0.0430. The number of methoxy groups -OCH3 is 1. The zero-order valence-corrected chi connectivity index (χ0v) is 25.3. The van der Waals surface area contributed by atoms with Crippen LogP contribution in [0.4, 0.5) is 15.9 Å². The summed E-state index contributed by atoms with van der Waals surface area (Å²) < 4.78 is 60.8. The summed E-state index contributed by atoms with van der Waals surface area (Å²) in [6.45, 7) is 1.95. The summed E-state index contributed by atoms with van der Waals surface area (Å²) in [6.07, 6.45) is 5.44. The molecule has 9 nitrogen and oxygen atoms in total. The van der Waals surface area contributed by atoms with Crippen molar-refractivity contribution in [2.24, 2.45) is 0 Å². The smallest absolute Gasteiger partial charge is 0.163 e. The zero-order chi connectivity index (χ0) is 30.5. The molecule has 0 saturated heterocycles. The van der Waals surface area contributed by atoms with Gasteiger partial charge in [-0.05, 0) is 48.0 Å². The normalized spacial score (nSPS) is 16.3. The summed E-state index contributed by atoms with van der Waals surface area (Å²) >= 11 is 6.51. The summed E-state index contributed by atoms with van der Waals surface area (Å²) in [6, 6.07) is 15.1. The molecule has 1 aliphatic rings. The Morgan fingerprint density at radius 2 is 1.98 bits per heavy atom. The van der Waals surface area contributed by atoms with Gasteiger partial charge in [0.25, 0.3) is 0 Å². The highest BCUT2D eigenvalue weighted by atomic mass is 35.5. The van der Waals surface area contributed by atoms with E-state index in [4.69, 9.17) is 30.5 Å². The van der Waals surface area contributed by atoms with Gasteiger partial charge in [-0.15, -0.1) is 0 Å². The Balaban J connectivity index is 1.39. The first-order valence-electron chi connectivity index (χ1n) is 13.6. The number of nitrogens with one attached hydrogen (secondary N) is 1.